The number of hydrogen-bond acceptors (Lipinski definition) is 2. The largest absolute Gasteiger partial charge is 0.495 e. The fourth-order valence-corrected chi connectivity index (χ4v) is 1.97. The lowest BCUT2D eigenvalue weighted by Crippen LogP contribution is -1.94. The molecular formula is C12H16N2O. The molecule has 0 unspecified atom stereocenters. The van der Waals surface area contributed by atoms with Gasteiger partial charge in [-0.3, -0.25) is 0 Å². The highest BCUT2D eigenvalue weighted by Gasteiger charge is 2.11. The minimum atomic E-state index is 0.693. The molecule has 0 amide bonds. The molecule has 0 aliphatic rings. The first-order chi connectivity index (χ1) is 7.06. The van der Waals surface area contributed by atoms with Crippen LogP contribution in [0.4, 0.5) is 5.69 Å². The molecule has 2 rings (SSSR count). The second-order valence-corrected chi connectivity index (χ2v) is 3.88. The third-order valence-electron chi connectivity index (χ3n) is 3.16. The van der Waals surface area contributed by atoms with Gasteiger partial charge in [0.15, 0.2) is 0 Å². The topological polar surface area (TPSA) is 40.2 Å². The third-order valence-corrected chi connectivity index (χ3v) is 3.16. The predicted octanol–water partition coefficient (Wildman–Crippen LogP) is 2.39. The van der Waals surface area contributed by atoms with Crippen LogP contribution >= 0.6 is 0 Å². The van der Waals surface area contributed by atoms with Gasteiger partial charge in [0, 0.05) is 24.2 Å². The van der Waals surface area contributed by atoms with Crippen molar-refractivity contribution in [2.75, 3.05) is 12.8 Å². The number of benzene rings is 1. The van der Waals surface area contributed by atoms with Gasteiger partial charge in [0.05, 0.1) is 18.3 Å². The molecule has 0 atom stereocenters. The summed E-state index contributed by atoms with van der Waals surface area (Å²) < 4.78 is 7.38. The number of anilines is 1. The Morgan fingerprint density at radius 1 is 1.27 bits per heavy atom. The van der Waals surface area contributed by atoms with E-state index in [1.807, 2.05) is 12.1 Å². The number of nitrogens with two attached hydrogens (primary N) is 1. The van der Waals surface area contributed by atoms with Crippen LogP contribution in [-0.4, -0.2) is 11.7 Å². The summed E-state index contributed by atoms with van der Waals surface area (Å²) in [5.74, 6) is 0.739. The van der Waals surface area contributed by atoms with E-state index in [0.717, 1.165) is 11.3 Å². The van der Waals surface area contributed by atoms with Gasteiger partial charge in [-0.2, -0.15) is 0 Å². The van der Waals surface area contributed by atoms with Crippen molar-refractivity contribution in [3.05, 3.63) is 23.4 Å². The van der Waals surface area contributed by atoms with Crippen molar-refractivity contribution >= 4 is 16.6 Å². The van der Waals surface area contributed by atoms with Gasteiger partial charge in [-0.15, -0.1) is 0 Å². The van der Waals surface area contributed by atoms with Crippen LogP contribution in [0.1, 0.15) is 11.3 Å². The van der Waals surface area contributed by atoms with E-state index in [0.29, 0.717) is 5.69 Å². The monoisotopic (exact) mass is 204 g/mol. The fourth-order valence-electron chi connectivity index (χ4n) is 1.97. The van der Waals surface area contributed by atoms with Gasteiger partial charge < -0.3 is 15.0 Å². The summed E-state index contributed by atoms with van der Waals surface area (Å²) in [6.07, 6.45) is 0. The number of nitrogens with zero attached hydrogens (tertiary/aromatic N) is 1. The van der Waals surface area contributed by atoms with Crippen LogP contribution in [0.25, 0.3) is 10.9 Å². The lowest BCUT2D eigenvalue weighted by atomic mass is 10.1. The standard InChI is InChI=1S/C12H16N2O/c1-7-8(2)14(3)11-6-12(15-4)10(13)5-9(7)11/h5-6H,13H2,1-4H3. The Kier molecular flexibility index (Phi) is 2.11. The van der Waals surface area contributed by atoms with Crippen molar-refractivity contribution in [2.45, 2.75) is 13.8 Å². The third kappa shape index (κ3) is 1.27. The average molecular weight is 204 g/mol. The second kappa shape index (κ2) is 3.19. The smallest absolute Gasteiger partial charge is 0.143 e. The molecule has 0 aliphatic carbocycles. The summed E-state index contributed by atoms with van der Waals surface area (Å²) in [6, 6.07) is 3.97. The Morgan fingerprint density at radius 2 is 1.93 bits per heavy atom. The highest BCUT2D eigenvalue weighted by Crippen LogP contribution is 2.32. The molecule has 0 bridgehead atoms. The molecule has 3 nitrogen and oxygen atoms in total. The molecule has 2 N–H and O–H groups in total. The van der Waals surface area contributed by atoms with E-state index in [-0.39, 0.29) is 0 Å². The van der Waals surface area contributed by atoms with Gasteiger partial charge in [0.2, 0.25) is 0 Å². The zero-order valence-electron chi connectivity index (χ0n) is 9.59. The highest BCUT2D eigenvalue weighted by molar-refractivity contribution is 5.90. The van der Waals surface area contributed by atoms with Crippen LogP contribution in [0.15, 0.2) is 12.1 Å². The lowest BCUT2D eigenvalue weighted by Gasteiger charge is -2.05. The molecule has 0 saturated carbocycles. The van der Waals surface area contributed by atoms with Crippen LogP contribution in [-0.2, 0) is 7.05 Å². The van der Waals surface area contributed by atoms with Crippen molar-refractivity contribution in [3.8, 4) is 5.75 Å². The van der Waals surface area contributed by atoms with E-state index in [9.17, 15) is 0 Å². The number of methoxy groups -OCH3 is 1. The maximum absolute atomic E-state index is 5.89. The Labute approximate surface area is 89.4 Å². The highest BCUT2D eigenvalue weighted by atomic mass is 16.5. The van der Waals surface area contributed by atoms with Crippen molar-refractivity contribution in [2.24, 2.45) is 7.05 Å². The number of nitrogen functional groups attached to an aromatic ring is 1. The Bertz CT molecular complexity index is 526. The van der Waals surface area contributed by atoms with Crippen molar-refractivity contribution in [1.82, 2.24) is 4.57 Å². The van der Waals surface area contributed by atoms with E-state index in [4.69, 9.17) is 10.5 Å². The number of aryl methyl sites for hydroxylation is 2. The number of rotatable bonds is 1. The van der Waals surface area contributed by atoms with Gasteiger partial charge in [-0.25, -0.2) is 0 Å². The fraction of sp³-hybridized carbons (Fsp3) is 0.333. The van der Waals surface area contributed by atoms with E-state index in [1.54, 1.807) is 7.11 Å². The molecule has 0 fully saturated rings. The number of aromatic nitrogens is 1. The molecule has 80 valence electrons. The SMILES string of the molecule is COc1cc2c(cc1N)c(C)c(C)n2C. The number of hydrogen-bond donors (Lipinski definition) is 1. The minimum absolute atomic E-state index is 0.693. The summed E-state index contributed by atoms with van der Waals surface area (Å²) in [6.45, 7) is 4.22. The summed E-state index contributed by atoms with van der Waals surface area (Å²) in [5.41, 5.74) is 10.3. The Morgan fingerprint density at radius 3 is 2.53 bits per heavy atom. The zero-order chi connectivity index (χ0) is 11.2. The number of fused-ring (bicyclic) bond motifs is 1. The molecule has 3 heteroatoms. The lowest BCUT2D eigenvalue weighted by molar-refractivity contribution is 0.417. The second-order valence-electron chi connectivity index (χ2n) is 3.88. The van der Waals surface area contributed by atoms with Crippen LogP contribution in [0.5, 0.6) is 5.75 Å². The molecule has 1 aromatic heterocycles. The van der Waals surface area contributed by atoms with Gasteiger partial charge in [-0.1, -0.05) is 0 Å². The van der Waals surface area contributed by atoms with Crippen molar-refractivity contribution < 1.29 is 4.74 Å². The van der Waals surface area contributed by atoms with Gasteiger partial charge >= 0.3 is 0 Å². The molecule has 0 radical (unpaired) electrons. The molecule has 1 heterocycles. The molecule has 0 aliphatic heterocycles. The summed E-state index contributed by atoms with van der Waals surface area (Å²) in [5, 5.41) is 1.20. The first-order valence-electron chi connectivity index (χ1n) is 4.95. The predicted molar refractivity (Wildman–Crippen MR) is 63.4 cm³/mol. The van der Waals surface area contributed by atoms with Crippen LogP contribution in [0.3, 0.4) is 0 Å². The summed E-state index contributed by atoms with van der Waals surface area (Å²) in [4.78, 5) is 0. The van der Waals surface area contributed by atoms with E-state index >= 15 is 0 Å². The minimum Gasteiger partial charge on any atom is -0.495 e. The van der Waals surface area contributed by atoms with Crippen LogP contribution < -0.4 is 10.5 Å². The Balaban J connectivity index is 2.88. The molecule has 1 aromatic carbocycles. The molecule has 15 heavy (non-hydrogen) atoms. The molecule has 0 saturated heterocycles. The van der Waals surface area contributed by atoms with E-state index in [1.165, 1.54) is 16.6 Å². The molecular weight excluding hydrogens is 188 g/mol. The maximum atomic E-state index is 5.89. The maximum Gasteiger partial charge on any atom is 0.143 e. The van der Waals surface area contributed by atoms with Crippen LogP contribution in [0.2, 0.25) is 0 Å². The summed E-state index contributed by atoms with van der Waals surface area (Å²) in [7, 11) is 3.69. The first kappa shape index (κ1) is 9.90. The van der Waals surface area contributed by atoms with Crippen molar-refractivity contribution in [1.29, 1.82) is 0 Å². The molecule has 0 spiro atoms. The number of ether oxygens (including phenoxy) is 1. The zero-order valence-corrected chi connectivity index (χ0v) is 9.59. The average Bonchev–Trinajstić information content (AvgIpc) is 2.43. The van der Waals surface area contributed by atoms with Gasteiger partial charge in [-0.05, 0) is 25.5 Å². The summed E-state index contributed by atoms with van der Waals surface area (Å²) >= 11 is 0. The normalized spacial score (nSPS) is 10.9. The van der Waals surface area contributed by atoms with Gasteiger partial charge in [0.1, 0.15) is 5.75 Å². The van der Waals surface area contributed by atoms with E-state index in [2.05, 4.69) is 25.5 Å². The quantitative estimate of drug-likeness (QED) is 0.724. The van der Waals surface area contributed by atoms with Crippen LogP contribution in [0, 0.1) is 13.8 Å². The molecule has 2 aromatic rings. The van der Waals surface area contributed by atoms with Gasteiger partial charge in [0.25, 0.3) is 0 Å². The first-order valence-corrected chi connectivity index (χ1v) is 4.95. The van der Waals surface area contributed by atoms with E-state index < -0.39 is 0 Å². The Hall–Kier alpha value is -1.64. The van der Waals surface area contributed by atoms with Crippen molar-refractivity contribution in [3.63, 3.8) is 0 Å².